The first kappa shape index (κ1) is 12.3. The van der Waals surface area contributed by atoms with E-state index in [0.717, 1.165) is 18.1 Å². The second-order valence-electron chi connectivity index (χ2n) is 3.09. The van der Waals surface area contributed by atoms with E-state index < -0.39 is 0 Å². The van der Waals surface area contributed by atoms with Crippen LogP contribution in [0, 0.1) is 17.4 Å². The largest absolute Gasteiger partial charge is 0.353 e. The minimum absolute atomic E-state index is 0.640. The second-order valence-corrected chi connectivity index (χ2v) is 3.87. The van der Waals surface area contributed by atoms with Gasteiger partial charge < -0.3 is 4.90 Å². The van der Waals surface area contributed by atoms with Gasteiger partial charge in [0.25, 0.3) is 0 Å². The molecule has 0 amide bonds. The molecule has 0 rings (SSSR count). The summed E-state index contributed by atoms with van der Waals surface area (Å²) in [4.78, 5) is 5.77. The zero-order valence-corrected chi connectivity index (χ0v) is 9.56. The molecule has 0 aromatic carbocycles. The Morgan fingerprint density at radius 3 is 2.69 bits per heavy atom. The fourth-order valence-electron chi connectivity index (χ4n) is 1.00. The molecule has 0 saturated carbocycles. The predicted molar refractivity (Wildman–Crippen MR) is 58.6 cm³/mol. The average molecular weight is 199 g/mol. The van der Waals surface area contributed by atoms with Gasteiger partial charge in [0.15, 0.2) is 5.17 Å². The lowest BCUT2D eigenvalue weighted by molar-refractivity contribution is 0.401. The summed E-state index contributed by atoms with van der Waals surface area (Å²) < 4.78 is 0. The molecule has 0 fully saturated rings. The lowest BCUT2D eigenvalue weighted by Gasteiger charge is -2.21. The summed E-state index contributed by atoms with van der Waals surface area (Å²) in [5, 5.41) is 9.22. The number of rotatable bonds is 3. The topological polar surface area (TPSA) is 39.4 Å². The number of nitrogens with zero attached hydrogens (tertiary/aromatic N) is 3. The molecule has 0 saturated heterocycles. The van der Waals surface area contributed by atoms with E-state index in [0.29, 0.717) is 5.92 Å². The van der Waals surface area contributed by atoms with Crippen molar-refractivity contribution >= 4 is 16.9 Å². The molecule has 0 aromatic rings. The SMILES string of the molecule is CCC(C)CN(C)C(=NC#N)SC. The van der Waals surface area contributed by atoms with Crippen LogP contribution in [0.15, 0.2) is 4.99 Å². The van der Waals surface area contributed by atoms with E-state index in [1.807, 2.05) is 24.4 Å². The summed E-state index contributed by atoms with van der Waals surface area (Å²) in [6.07, 6.45) is 4.90. The maximum Gasteiger partial charge on any atom is 0.208 e. The zero-order chi connectivity index (χ0) is 10.3. The highest BCUT2D eigenvalue weighted by molar-refractivity contribution is 8.13. The van der Waals surface area contributed by atoms with Crippen LogP contribution < -0.4 is 0 Å². The van der Waals surface area contributed by atoms with E-state index in [1.165, 1.54) is 11.8 Å². The van der Waals surface area contributed by atoms with E-state index >= 15 is 0 Å². The summed E-state index contributed by atoms with van der Waals surface area (Å²) in [6, 6.07) is 0. The van der Waals surface area contributed by atoms with Crippen LogP contribution >= 0.6 is 11.8 Å². The van der Waals surface area contributed by atoms with Gasteiger partial charge >= 0.3 is 0 Å². The second kappa shape index (κ2) is 6.79. The number of aliphatic imine (C=N–C) groups is 1. The van der Waals surface area contributed by atoms with Gasteiger partial charge in [-0.25, -0.2) is 0 Å². The van der Waals surface area contributed by atoms with E-state index in [2.05, 4.69) is 18.8 Å². The molecule has 0 bridgehead atoms. The summed E-state index contributed by atoms with van der Waals surface area (Å²) in [7, 11) is 1.97. The third-order valence-corrected chi connectivity index (χ3v) is 2.71. The van der Waals surface area contributed by atoms with Crippen molar-refractivity contribution in [3.63, 3.8) is 0 Å². The van der Waals surface area contributed by atoms with E-state index in [4.69, 9.17) is 5.26 Å². The lowest BCUT2D eigenvalue weighted by Crippen LogP contribution is -2.28. The number of amidine groups is 1. The monoisotopic (exact) mass is 199 g/mol. The minimum Gasteiger partial charge on any atom is -0.353 e. The molecular formula is C9H17N3S. The molecule has 74 valence electrons. The highest BCUT2D eigenvalue weighted by Gasteiger charge is 2.08. The van der Waals surface area contributed by atoms with E-state index in [1.54, 1.807) is 0 Å². The Bertz CT molecular complexity index is 207. The highest BCUT2D eigenvalue weighted by Crippen LogP contribution is 2.08. The molecule has 0 spiro atoms. The molecule has 0 N–H and O–H groups in total. The Morgan fingerprint density at radius 2 is 2.31 bits per heavy atom. The summed E-state index contributed by atoms with van der Waals surface area (Å²) in [6.45, 7) is 5.32. The number of thioether (sulfide) groups is 1. The van der Waals surface area contributed by atoms with Crippen molar-refractivity contribution in [3.8, 4) is 6.19 Å². The first-order valence-corrected chi connectivity index (χ1v) is 5.60. The quantitative estimate of drug-likeness (QED) is 0.397. The summed E-state index contributed by atoms with van der Waals surface area (Å²) >= 11 is 1.51. The van der Waals surface area contributed by atoms with Crippen molar-refractivity contribution in [2.24, 2.45) is 10.9 Å². The Labute approximate surface area is 84.8 Å². The van der Waals surface area contributed by atoms with Crippen molar-refractivity contribution in [2.45, 2.75) is 20.3 Å². The first-order valence-electron chi connectivity index (χ1n) is 4.37. The van der Waals surface area contributed by atoms with Crippen LogP contribution in [-0.2, 0) is 0 Å². The van der Waals surface area contributed by atoms with Gasteiger partial charge in [-0.05, 0) is 12.2 Å². The summed E-state index contributed by atoms with van der Waals surface area (Å²) in [5.74, 6) is 0.640. The number of nitriles is 1. The van der Waals surface area contributed by atoms with Crippen LogP contribution in [0.25, 0.3) is 0 Å². The highest BCUT2D eigenvalue weighted by atomic mass is 32.2. The molecule has 0 heterocycles. The van der Waals surface area contributed by atoms with Gasteiger partial charge in [0.1, 0.15) is 0 Å². The van der Waals surface area contributed by atoms with Crippen molar-refractivity contribution in [3.05, 3.63) is 0 Å². The molecule has 4 heteroatoms. The van der Waals surface area contributed by atoms with Gasteiger partial charge in [-0.3, -0.25) is 0 Å². The Morgan fingerprint density at radius 1 is 1.69 bits per heavy atom. The van der Waals surface area contributed by atoms with E-state index in [9.17, 15) is 0 Å². The van der Waals surface area contributed by atoms with Gasteiger partial charge in [-0.2, -0.15) is 5.26 Å². The van der Waals surface area contributed by atoms with Gasteiger partial charge in [-0.1, -0.05) is 32.0 Å². The van der Waals surface area contributed by atoms with Crippen molar-refractivity contribution in [1.82, 2.24) is 4.90 Å². The van der Waals surface area contributed by atoms with Crippen LogP contribution in [0.5, 0.6) is 0 Å². The first-order chi connectivity index (χ1) is 6.15. The minimum atomic E-state index is 0.640. The molecule has 3 nitrogen and oxygen atoms in total. The molecule has 0 aliphatic carbocycles. The summed E-state index contributed by atoms with van der Waals surface area (Å²) in [5.41, 5.74) is 0. The van der Waals surface area contributed by atoms with Gasteiger partial charge in [-0.15, -0.1) is 4.99 Å². The molecule has 0 aliphatic rings. The fraction of sp³-hybridized carbons (Fsp3) is 0.778. The Kier molecular flexibility index (Phi) is 6.43. The van der Waals surface area contributed by atoms with Crippen LogP contribution in [0.3, 0.4) is 0 Å². The third-order valence-electron chi connectivity index (χ3n) is 1.94. The molecule has 1 unspecified atom stereocenters. The van der Waals surface area contributed by atoms with Crippen LogP contribution in [0.4, 0.5) is 0 Å². The average Bonchev–Trinajstić information content (AvgIpc) is 2.13. The molecule has 13 heavy (non-hydrogen) atoms. The third kappa shape index (κ3) is 4.79. The lowest BCUT2D eigenvalue weighted by atomic mass is 10.1. The molecular weight excluding hydrogens is 182 g/mol. The Hall–Kier alpha value is -0.690. The maximum atomic E-state index is 8.43. The number of hydrogen-bond donors (Lipinski definition) is 0. The predicted octanol–water partition coefficient (Wildman–Crippen LogP) is 2.16. The zero-order valence-electron chi connectivity index (χ0n) is 8.74. The normalized spacial score (nSPS) is 13.6. The van der Waals surface area contributed by atoms with Crippen LogP contribution in [-0.4, -0.2) is 29.9 Å². The standard InChI is InChI=1S/C9H17N3S/c1-5-8(2)6-12(3)9(13-4)11-7-10/h8H,5-6H2,1-4H3. The van der Waals surface area contributed by atoms with Gasteiger partial charge in [0.05, 0.1) is 0 Å². The molecule has 1 atom stereocenters. The van der Waals surface area contributed by atoms with Crippen LogP contribution in [0.1, 0.15) is 20.3 Å². The fourth-order valence-corrected chi connectivity index (χ4v) is 1.52. The van der Waals surface area contributed by atoms with Gasteiger partial charge in [0.2, 0.25) is 6.19 Å². The van der Waals surface area contributed by atoms with Crippen molar-refractivity contribution < 1.29 is 0 Å². The number of hydrogen-bond acceptors (Lipinski definition) is 3. The maximum absolute atomic E-state index is 8.43. The molecule has 0 aromatic heterocycles. The van der Waals surface area contributed by atoms with Crippen molar-refractivity contribution in [1.29, 1.82) is 5.26 Å². The van der Waals surface area contributed by atoms with Crippen molar-refractivity contribution in [2.75, 3.05) is 19.8 Å². The smallest absolute Gasteiger partial charge is 0.208 e. The van der Waals surface area contributed by atoms with Gasteiger partial charge in [0, 0.05) is 13.6 Å². The van der Waals surface area contributed by atoms with E-state index in [-0.39, 0.29) is 0 Å². The molecule has 0 radical (unpaired) electrons. The van der Waals surface area contributed by atoms with Crippen LogP contribution in [0.2, 0.25) is 0 Å². The Balaban J connectivity index is 4.15. The molecule has 0 aliphatic heterocycles.